The number of aromatic nitrogens is 1. The van der Waals surface area contributed by atoms with Crippen LogP contribution in [-0.2, 0) is 0 Å². The second kappa shape index (κ2) is 8.42. The topological polar surface area (TPSA) is 101 Å². The van der Waals surface area contributed by atoms with E-state index in [9.17, 15) is 4.79 Å². The number of benzene rings is 1. The summed E-state index contributed by atoms with van der Waals surface area (Å²) in [5, 5.41) is 11.2. The minimum Gasteiger partial charge on any atom is -0.490 e. The van der Waals surface area contributed by atoms with Crippen molar-refractivity contribution in [2.45, 2.75) is 51.5 Å². The van der Waals surface area contributed by atoms with Crippen LogP contribution in [-0.4, -0.2) is 28.7 Å². The van der Waals surface area contributed by atoms with Gasteiger partial charge in [0.15, 0.2) is 0 Å². The first-order valence-corrected chi connectivity index (χ1v) is 9.72. The number of anilines is 1. The van der Waals surface area contributed by atoms with Crippen molar-refractivity contribution < 1.29 is 9.53 Å². The zero-order valence-electron chi connectivity index (χ0n) is 16.5. The summed E-state index contributed by atoms with van der Waals surface area (Å²) >= 11 is 0. The quantitative estimate of drug-likeness (QED) is 0.523. The van der Waals surface area contributed by atoms with Gasteiger partial charge in [0.2, 0.25) is 0 Å². The molecule has 1 aromatic heterocycles. The Bertz CT molecular complexity index is 873. The average molecular weight is 380 g/mol. The Labute approximate surface area is 166 Å². The largest absolute Gasteiger partial charge is 0.490 e. The van der Waals surface area contributed by atoms with Crippen LogP contribution in [0.3, 0.4) is 0 Å². The Morgan fingerprint density at radius 2 is 2.04 bits per heavy atom. The van der Waals surface area contributed by atoms with Gasteiger partial charge in [-0.05, 0) is 51.0 Å². The summed E-state index contributed by atoms with van der Waals surface area (Å²) in [6, 6.07) is 8.94. The van der Waals surface area contributed by atoms with Crippen LogP contribution in [0, 0.1) is 12.3 Å². The Balaban J connectivity index is 1.80. The second-order valence-corrected chi connectivity index (χ2v) is 7.62. The first kappa shape index (κ1) is 19.9. The Morgan fingerprint density at radius 1 is 1.29 bits per heavy atom. The van der Waals surface area contributed by atoms with E-state index in [4.69, 9.17) is 15.9 Å². The molecule has 6 nitrogen and oxygen atoms in total. The standard InChI is InChI=1S/C22H28N4O2/c1-15-13-17(9-12-25-15)21(27)26-22(10-4-3-5-11-22)14-28-19-8-6-7-18(24)20(19)16(2)23/h6-9,12-13,23H,3-5,10-11,14,24H2,1-2H3,(H,26,27). The fourth-order valence-corrected chi connectivity index (χ4v) is 3.82. The third-order valence-corrected chi connectivity index (χ3v) is 5.29. The minimum absolute atomic E-state index is 0.105. The number of hydrogen-bond acceptors (Lipinski definition) is 5. The lowest BCUT2D eigenvalue weighted by atomic mass is 9.82. The number of carbonyl (C=O) groups is 1. The van der Waals surface area contributed by atoms with Crippen LogP contribution in [0.1, 0.15) is 60.6 Å². The van der Waals surface area contributed by atoms with Crippen molar-refractivity contribution in [1.29, 1.82) is 5.41 Å². The first-order valence-electron chi connectivity index (χ1n) is 9.72. The van der Waals surface area contributed by atoms with E-state index in [0.29, 0.717) is 34.9 Å². The van der Waals surface area contributed by atoms with E-state index in [0.717, 1.165) is 37.8 Å². The summed E-state index contributed by atoms with van der Waals surface area (Å²) in [7, 11) is 0. The molecule has 6 heteroatoms. The molecule has 1 fully saturated rings. The van der Waals surface area contributed by atoms with E-state index in [1.165, 1.54) is 0 Å². The van der Waals surface area contributed by atoms with Crippen molar-refractivity contribution in [1.82, 2.24) is 10.3 Å². The zero-order chi connectivity index (χ0) is 20.1. The molecule has 28 heavy (non-hydrogen) atoms. The predicted molar refractivity (Wildman–Crippen MR) is 111 cm³/mol. The van der Waals surface area contributed by atoms with Crippen LogP contribution < -0.4 is 15.8 Å². The molecule has 0 unspecified atom stereocenters. The highest BCUT2D eigenvalue weighted by Crippen LogP contribution is 2.31. The van der Waals surface area contributed by atoms with E-state index >= 15 is 0 Å². The molecule has 4 N–H and O–H groups in total. The molecule has 1 aliphatic carbocycles. The van der Waals surface area contributed by atoms with Crippen LogP contribution in [0.2, 0.25) is 0 Å². The number of nitrogens with two attached hydrogens (primary N) is 1. The van der Waals surface area contributed by atoms with E-state index in [-0.39, 0.29) is 5.91 Å². The third-order valence-electron chi connectivity index (χ3n) is 5.29. The maximum atomic E-state index is 12.9. The highest BCUT2D eigenvalue weighted by molar-refractivity contribution is 6.03. The lowest BCUT2D eigenvalue weighted by Crippen LogP contribution is -2.53. The van der Waals surface area contributed by atoms with Crippen LogP contribution in [0.4, 0.5) is 5.69 Å². The van der Waals surface area contributed by atoms with Crippen LogP contribution in [0.25, 0.3) is 0 Å². The van der Waals surface area contributed by atoms with Gasteiger partial charge in [-0.1, -0.05) is 25.3 Å². The first-order chi connectivity index (χ1) is 13.4. The minimum atomic E-state index is -0.426. The molecule has 148 valence electrons. The number of nitrogen functional groups attached to an aromatic ring is 1. The summed E-state index contributed by atoms with van der Waals surface area (Å²) in [6.07, 6.45) is 6.64. The Kier molecular flexibility index (Phi) is 5.97. The van der Waals surface area contributed by atoms with Crippen molar-refractivity contribution in [3.8, 4) is 5.75 Å². The molecule has 1 aliphatic rings. The molecule has 2 aromatic rings. The zero-order valence-corrected chi connectivity index (χ0v) is 16.5. The van der Waals surface area contributed by atoms with E-state index < -0.39 is 5.54 Å². The highest BCUT2D eigenvalue weighted by Gasteiger charge is 2.35. The van der Waals surface area contributed by atoms with E-state index in [2.05, 4.69) is 10.3 Å². The van der Waals surface area contributed by atoms with Crippen molar-refractivity contribution >= 4 is 17.3 Å². The number of rotatable bonds is 6. The lowest BCUT2D eigenvalue weighted by molar-refractivity contribution is 0.0788. The van der Waals surface area contributed by atoms with Gasteiger partial charge in [-0.2, -0.15) is 0 Å². The summed E-state index contributed by atoms with van der Waals surface area (Å²) in [6.45, 7) is 3.92. The number of carbonyl (C=O) groups excluding carboxylic acids is 1. The van der Waals surface area contributed by atoms with Gasteiger partial charge in [-0.3, -0.25) is 9.78 Å². The predicted octanol–water partition coefficient (Wildman–Crippen LogP) is 3.87. The van der Waals surface area contributed by atoms with Crippen LogP contribution in [0.15, 0.2) is 36.5 Å². The fraction of sp³-hybridized carbons (Fsp3) is 0.409. The van der Waals surface area contributed by atoms with Crippen LogP contribution in [0.5, 0.6) is 5.75 Å². The van der Waals surface area contributed by atoms with Gasteiger partial charge in [0.1, 0.15) is 12.4 Å². The van der Waals surface area contributed by atoms with Crippen molar-refractivity contribution in [3.05, 3.63) is 53.3 Å². The molecule has 3 rings (SSSR count). The van der Waals surface area contributed by atoms with Gasteiger partial charge in [0.25, 0.3) is 5.91 Å². The Hall–Kier alpha value is -2.89. The summed E-state index contributed by atoms with van der Waals surface area (Å²) < 4.78 is 6.13. The number of hydrogen-bond donors (Lipinski definition) is 3. The maximum Gasteiger partial charge on any atom is 0.251 e. The fourth-order valence-electron chi connectivity index (χ4n) is 3.82. The number of nitrogens with zero attached hydrogens (tertiary/aromatic N) is 1. The maximum absolute atomic E-state index is 12.9. The number of pyridine rings is 1. The SMILES string of the molecule is CC(=N)c1c(N)cccc1OCC1(NC(=O)c2ccnc(C)c2)CCCCC1. The van der Waals surface area contributed by atoms with Gasteiger partial charge >= 0.3 is 0 Å². The van der Waals surface area contributed by atoms with Crippen molar-refractivity contribution in [3.63, 3.8) is 0 Å². The normalized spacial score (nSPS) is 15.6. The lowest BCUT2D eigenvalue weighted by Gasteiger charge is -2.38. The smallest absolute Gasteiger partial charge is 0.251 e. The molecular weight excluding hydrogens is 352 g/mol. The van der Waals surface area contributed by atoms with Gasteiger partial charge in [-0.15, -0.1) is 0 Å². The van der Waals surface area contributed by atoms with E-state index in [1.807, 2.05) is 19.1 Å². The summed E-state index contributed by atoms with van der Waals surface area (Å²) in [5.74, 6) is 0.485. The monoisotopic (exact) mass is 380 g/mol. The molecule has 0 spiro atoms. The molecular formula is C22H28N4O2. The Morgan fingerprint density at radius 3 is 2.71 bits per heavy atom. The number of amides is 1. The van der Waals surface area contributed by atoms with Gasteiger partial charge in [-0.25, -0.2) is 0 Å². The molecule has 0 bridgehead atoms. The van der Waals surface area contributed by atoms with Crippen LogP contribution >= 0.6 is 0 Å². The molecule has 1 saturated carbocycles. The van der Waals surface area contributed by atoms with Crippen molar-refractivity contribution in [2.75, 3.05) is 12.3 Å². The van der Waals surface area contributed by atoms with Gasteiger partial charge in [0, 0.05) is 28.9 Å². The summed E-state index contributed by atoms with van der Waals surface area (Å²) in [5.41, 5.74) is 8.54. The average Bonchev–Trinajstić information content (AvgIpc) is 2.67. The number of ether oxygens (including phenoxy) is 1. The van der Waals surface area contributed by atoms with Gasteiger partial charge in [0.05, 0.1) is 11.1 Å². The molecule has 0 radical (unpaired) electrons. The molecule has 1 aromatic carbocycles. The molecule has 1 heterocycles. The highest BCUT2D eigenvalue weighted by atomic mass is 16.5. The molecule has 1 amide bonds. The van der Waals surface area contributed by atoms with Crippen molar-refractivity contribution in [2.24, 2.45) is 0 Å². The summed E-state index contributed by atoms with van der Waals surface area (Å²) in [4.78, 5) is 17.0. The third kappa shape index (κ3) is 4.50. The number of nitrogens with one attached hydrogen (secondary N) is 2. The molecule has 0 saturated heterocycles. The van der Waals surface area contributed by atoms with E-state index in [1.54, 1.807) is 31.3 Å². The molecule has 0 aliphatic heterocycles. The number of aryl methyl sites for hydroxylation is 1. The van der Waals surface area contributed by atoms with Gasteiger partial charge < -0.3 is 21.2 Å². The second-order valence-electron chi connectivity index (χ2n) is 7.62. The molecule has 0 atom stereocenters.